The van der Waals surface area contributed by atoms with Gasteiger partial charge in [-0.1, -0.05) is 0 Å². The van der Waals surface area contributed by atoms with Gasteiger partial charge in [0.05, 0.1) is 33.6 Å². The average Bonchev–Trinajstić information content (AvgIpc) is 2.67. The van der Waals surface area contributed by atoms with E-state index in [1.807, 2.05) is 22.6 Å². The van der Waals surface area contributed by atoms with Crippen LogP contribution in [0.2, 0.25) is 0 Å². The molecule has 29 heavy (non-hydrogen) atoms. The van der Waals surface area contributed by atoms with Gasteiger partial charge in [-0.2, -0.15) is 10.4 Å². The van der Waals surface area contributed by atoms with Crippen LogP contribution in [0.25, 0.3) is 0 Å². The number of carboxylic acid groups (broad SMARTS) is 1. The molecule has 1 amide bonds. The van der Waals surface area contributed by atoms with E-state index >= 15 is 0 Å². The van der Waals surface area contributed by atoms with Gasteiger partial charge in [-0.05, 0) is 65.4 Å². The zero-order valence-electron chi connectivity index (χ0n) is 15.1. The first-order valence-corrected chi connectivity index (χ1v) is 9.27. The molecule has 10 heteroatoms. The molecule has 0 saturated heterocycles. The lowest BCUT2D eigenvalue weighted by molar-refractivity contribution is -0.139. The van der Waals surface area contributed by atoms with E-state index in [0.29, 0.717) is 21.5 Å². The molecule has 2 aromatic carbocycles. The monoisotopic (exact) mass is 511 g/mol. The van der Waals surface area contributed by atoms with Crippen LogP contribution in [-0.2, 0) is 4.79 Å². The summed E-state index contributed by atoms with van der Waals surface area (Å²) in [5.41, 5.74) is 2.60. The lowest BCUT2D eigenvalue weighted by atomic mass is 10.1. The van der Waals surface area contributed by atoms with Crippen molar-refractivity contribution in [3.05, 3.63) is 56.4 Å². The number of hydrazone groups is 1. The Hall–Kier alpha value is -3.20. The fraction of sp³-hybridized carbons (Fsp3) is 0.158. The Labute approximate surface area is 179 Å². The van der Waals surface area contributed by atoms with Crippen LogP contribution in [0.15, 0.2) is 35.4 Å². The van der Waals surface area contributed by atoms with Crippen LogP contribution in [0.3, 0.4) is 0 Å². The van der Waals surface area contributed by atoms with E-state index in [4.69, 9.17) is 19.8 Å². The predicted molar refractivity (Wildman–Crippen MR) is 110 cm³/mol. The molecule has 0 fully saturated rings. The summed E-state index contributed by atoms with van der Waals surface area (Å²) in [6.07, 6.45) is 1.32. The molecule has 0 aliphatic rings. The van der Waals surface area contributed by atoms with E-state index in [2.05, 4.69) is 10.5 Å². The van der Waals surface area contributed by atoms with Crippen molar-refractivity contribution in [2.75, 3.05) is 13.2 Å². The number of aliphatic carboxylic acids is 1. The van der Waals surface area contributed by atoms with E-state index in [1.165, 1.54) is 18.3 Å². The van der Waals surface area contributed by atoms with Crippen molar-refractivity contribution in [1.29, 1.82) is 5.26 Å². The molecule has 2 aromatic rings. The number of rotatable bonds is 8. The first kappa shape index (κ1) is 22.1. The summed E-state index contributed by atoms with van der Waals surface area (Å²) in [4.78, 5) is 22.8. The number of halogens is 2. The summed E-state index contributed by atoms with van der Waals surface area (Å²) in [6.45, 7) is 1.57. The number of amides is 1. The number of carbonyl (C=O) groups is 2. The maximum absolute atomic E-state index is 13.9. The molecule has 0 bridgehead atoms. The van der Waals surface area contributed by atoms with E-state index in [-0.39, 0.29) is 16.9 Å². The predicted octanol–water partition coefficient (Wildman–Crippen LogP) is 2.93. The summed E-state index contributed by atoms with van der Waals surface area (Å²) in [5, 5.41) is 21.3. The van der Waals surface area contributed by atoms with Crippen molar-refractivity contribution < 1.29 is 28.6 Å². The van der Waals surface area contributed by atoms with Gasteiger partial charge in [0, 0.05) is 0 Å². The summed E-state index contributed by atoms with van der Waals surface area (Å²) < 4.78 is 25.2. The van der Waals surface area contributed by atoms with E-state index in [1.54, 1.807) is 25.1 Å². The van der Waals surface area contributed by atoms with Crippen molar-refractivity contribution in [2.45, 2.75) is 6.92 Å². The third-order valence-corrected chi connectivity index (χ3v) is 4.20. The quantitative estimate of drug-likeness (QED) is 0.320. The first-order valence-electron chi connectivity index (χ1n) is 8.19. The molecule has 0 saturated carbocycles. The Balaban J connectivity index is 2.16. The molecule has 2 rings (SSSR count). The van der Waals surface area contributed by atoms with Crippen molar-refractivity contribution >= 4 is 40.7 Å². The number of carboxylic acids is 1. The summed E-state index contributed by atoms with van der Waals surface area (Å²) >= 11 is 1.96. The fourth-order valence-corrected chi connectivity index (χ4v) is 2.97. The molecule has 0 aliphatic heterocycles. The van der Waals surface area contributed by atoms with Crippen molar-refractivity contribution in [3.8, 4) is 17.6 Å². The number of hydrogen-bond donors (Lipinski definition) is 2. The lowest BCUT2D eigenvalue weighted by Gasteiger charge is -2.13. The number of nitriles is 1. The second-order valence-corrected chi connectivity index (χ2v) is 6.61. The van der Waals surface area contributed by atoms with Gasteiger partial charge in [0.25, 0.3) is 5.91 Å². The SMILES string of the molecule is CCOc1cc(/C=N\NC(=O)c2ccc(C#N)cc2F)cc(I)c1OCC(=O)O. The highest BCUT2D eigenvalue weighted by Crippen LogP contribution is 2.33. The standard InChI is InChI=1S/C19H15FIN3O5/c1-2-28-16-7-12(6-15(21)18(16)29-10-17(25)26)9-23-24-19(27)13-4-3-11(8-22)5-14(13)20/h3-7,9H,2,10H2,1H3,(H,24,27)(H,25,26)/b23-9-. The maximum Gasteiger partial charge on any atom is 0.341 e. The van der Waals surface area contributed by atoms with E-state index < -0.39 is 24.3 Å². The highest BCUT2D eigenvalue weighted by atomic mass is 127. The first-order chi connectivity index (χ1) is 13.8. The van der Waals surface area contributed by atoms with Crippen LogP contribution in [-0.4, -0.2) is 36.4 Å². The fourth-order valence-electron chi connectivity index (χ4n) is 2.19. The molecular weight excluding hydrogens is 496 g/mol. The zero-order valence-corrected chi connectivity index (χ0v) is 17.3. The van der Waals surface area contributed by atoms with Gasteiger partial charge in [0.15, 0.2) is 18.1 Å². The van der Waals surface area contributed by atoms with Crippen LogP contribution in [0.1, 0.15) is 28.4 Å². The Bertz CT molecular complexity index is 1000. The molecule has 0 radical (unpaired) electrons. The van der Waals surface area contributed by atoms with Crippen LogP contribution in [0.4, 0.5) is 4.39 Å². The van der Waals surface area contributed by atoms with E-state index in [9.17, 15) is 14.0 Å². The van der Waals surface area contributed by atoms with Gasteiger partial charge in [-0.15, -0.1) is 0 Å². The average molecular weight is 511 g/mol. The van der Waals surface area contributed by atoms with Gasteiger partial charge in [0.2, 0.25) is 0 Å². The summed E-state index contributed by atoms with van der Waals surface area (Å²) in [7, 11) is 0. The Morgan fingerprint density at radius 1 is 1.34 bits per heavy atom. The molecular formula is C19H15FIN3O5. The Morgan fingerprint density at radius 3 is 2.72 bits per heavy atom. The van der Waals surface area contributed by atoms with Crippen molar-refractivity contribution in [3.63, 3.8) is 0 Å². The normalized spacial score (nSPS) is 10.4. The third kappa shape index (κ3) is 6.15. The van der Waals surface area contributed by atoms with Crippen molar-refractivity contribution in [2.24, 2.45) is 5.10 Å². The van der Waals surface area contributed by atoms with Crippen LogP contribution >= 0.6 is 22.6 Å². The second kappa shape index (κ2) is 10.4. The highest BCUT2D eigenvalue weighted by Gasteiger charge is 2.14. The molecule has 0 heterocycles. The van der Waals surface area contributed by atoms with Crippen LogP contribution < -0.4 is 14.9 Å². The summed E-state index contributed by atoms with van der Waals surface area (Å²) in [5.74, 6) is -2.11. The molecule has 0 spiro atoms. The van der Waals surface area contributed by atoms with Gasteiger partial charge in [0.1, 0.15) is 5.82 Å². The number of ether oxygens (including phenoxy) is 2. The van der Waals surface area contributed by atoms with Gasteiger partial charge >= 0.3 is 5.97 Å². The number of carbonyl (C=O) groups excluding carboxylic acids is 1. The second-order valence-electron chi connectivity index (χ2n) is 5.45. The zero-order chi connectivity index (χ0) is 21.4. The van der Waals surface area contributed by atoms with Gasteiger partial charge in [-0.25, -0.2) is 14.6 Å². The lowest BCUT2D eigenvalue weighted by Crippen LogP contribution is -2.19. The van der Waals surface area contributed by atoms with Crippen LogP contribution in [0.5, 0.6) is 11.5 Å². The highest BCUT2D eigenvalue weighted by molar-refractivity contribution is 14.1. The molecule has 150 valence electrons. The van der Waals surface area contributed by atoms with Crippen molar-refractivity contribution in [1.82, 2.24) is 5.43 Å². The minimum Gasteiger partial charge on any atom is -0.490 e. The largest absolute Gasteiger partial charge is 0.490 e. The molecule has 0 atom stereocenters. The Kier molecular flexibility index (Phi) is 7.90. The minimum atomic E-state index is -1.12. The number of hydrogen-bond acceptors (Lipinski definition) is 6. The third-order valence-electron chi connectivity index (χ3n) is 3.39. The number of benzene rings is 2. The molecule has 0 unspecified atom stereocenters. The molecule has 0 aromatic heterocycles. The number of nitrogens with one attached hydrogen (secondary N) is 1. The number of nitrogens with zero attached hydrogens (tertiary/aromatic N) is 2. The van der Waals surface area contributed by atoms with Gasteiger partial charge in [-0.3, -0.25) is 4.79 Å². The smallest absolute Gasteiger partial charge is 0.341 e. The molecule has 0 aliphatic carbocycles. The van der Waals surface area contributed by atoms with Crippen LogP contribution in [0, 0.1) is 20.7 Å². The molecule has 2 N–H and O–H groups in total. The Morgan fingerprint density at radius 2 is 2.10 bits per heavy atom. The minimum absolute atomic E-state index is 0.103. The molecule has 8 nitrogen and oxygen atoms in total. The van der Waals surface area contributed by atoms with E-state index in [0.717, 1.165) is 6.07 Å². The topological polar surface area (TPSA) is 121 Å². The maximum atomic E-state index is 13.9. The van der Waals surface area contributed by atoms with Gasteiger partial charge < -0.3 is 14.6 Å². The summed E-state index contributed by atoms with van der Waals surface area (Å²) in [6, 6.07) is 8.49.